The van der Waals surface area contributed by atoms with E-state index >= 15 is 0 Å². The molecule has 1 heterocycles. The highest BCUT2D eigenvalue weighted by molar-refractivity contribution is 8.00. The summed E-state index contributed by atoms with van der Waals surface area (Å²) in [5.41, 5.74) is 1.90. The molecule has 1 aliphatic rings. The highest BCUT2D eigenvalue weighted by Gasteiger charge is 2.19. The van der Waals surface area contributed by atoms with Gasteiger partial charge in [-0.15, -0.1) is 11.8 Å². The molecule has 132 valence electrons. The van der Waals surface area contributed by atoms with Crippen molar-refractivity contribution in [3.05, 3.63) is 29.8 Å². The summed E-state index contributed by atoms with van der Waals surface area (Å²) in [7, 11) is 0. The van der Waals surface area contributed by atoms with Crippen molar-refractivity contribution in [2.75, 3.05) is 36.5 Å². The Morgan fingerprint density at radius 1 is 1.21 bits per heavy atom. The Kier molecular flexibility index (Phi) is 7.59. The van der Waals surface area contributed by atoms with Crippen LogP contribution in [-0.4, -0.2) is 53.9 Å². The van der Waals surface area contributed by atoms with Gasteiger partial charge in [0.1, 0.15) is 0 Å². The van der Waals surface area contributed by atoms with E-state index in [9.17, 15) is 9.59 Å². The molecule has 2 amide bonds. The normalized spacial score (nSPS) is 15.9. The van der Waals surface area contributed by atoms with E-state index in [0.29, 0.717) is 5.75 Å². The molecule has 2 rings (SSSR count). The second-order valence-electron chi connectivity index (χ2n) is 6.19. The Morgan fingerprint density at radius 3 is 2.58 bits per heavy atom. The van der Waals surface area contributed by atoms with Crippen LogP contribution < -0.4 is 10.6 Å². The van der Waals surface area contributed by atoms with Gasteiger partial charge in [0.25, 0.3) is 0 Å². The Balaban J connectivity index is 1.61. The average Bonchev–Trinajstić information content (AvgIpc) is 2.55. The Labute approximate surface area is 148 Å². The number of carbonyl (C=O) groups is 2. The number of amides is 2. The van der Waals surface area contributed by atoms with Crippen molar-refractivity contribution in [2.45, 2.75) is 32.7 Å². The van der Waals surface area contributed by atoms with Crippen molar-refractivity contribution in [3.8, 4) is 0 Å². The zero-order valence-corrected chi connectivity index (χ0v) is 15.3. The van der Waals surface area contributed by atoms with E-state index in [1.807, 2.05) is 31.2 Å². The van der Waals surface area contributed by atoms with Gasteiger partial charge in [0.05, 0.1) is 11.5 Å². The van der Waals surface area contributed by atoms with Gasteiger partial charge in [0, 0.05) is 24.8 Å². The van der Waals surface area contributed by atoms with Gasteiger partial charge in [0.2, 0.25) is 11.8 Å². The number of nitrogens with one attached hydrogen (secondary N) is 2. The third-order valence-electron chi connectivity index (χ3n) is 4.17. The number of thioether (sulfide) groups is 1. The van der Waals surface area contributed by atoms with Gasteiger partial charge in [-0.1, -0.05) is 19.1 Å². The molecule has 1 saturated heterocycles. The molecule has 1 aromatic rings. The molecular formula is C18H27N3O2S. The minimum atomic E-state index is -0.0744. The molecule has 0 unspecified atom stereocenters. The van der Waals surface area contributed by atoms with Gasteiger partial charge in [0.15, 0.2) is 0 Å². The lowest BCUT2D eigenvalue weighted by Gasteiger charge is -2.31. The Hall–Kier alpha value is -1.53. The lowest BCUT2D eigenvalue weighted by Crippen LogP contribution is -2.45. The maximum atomic E-state index is 12.0. The Bertz CT molecular complexity index is 557. The zero-order valence-electron chi connectivity index (χ0n) is 14.5. The topological polar surface area (TPSA) is 61.4 Å². The Morgan fingerprint density at radius 2 is 1.92 bits per heavy atom. The molecular weight excluding hydrogens is 322 g/mol. The number of benzene rings is 1. The molecule has 0 atom stereocenters. The summed E-state index contributed by atoms with van der Waals surface area (Å²) in [6, 6.07) is 7.97. The van der Waals surface area contributed by atoms with Crippen molar-refractivity contribution in [2.24, 2.45) is 0 Å². The van der Waals surface area contributed by atoms with Crippen LogP contribution in [0.2, 0.25) is 0 Å². The van der Waals surface area contributed by atoms with Crippen LogP contribution in [0.5, 0.6) is 0 Å². The van der Waals surface area contributed by atoms with Crippen LogP contribution in [-0.2, 0) is 9.59 Å². The van der Waals surface area contributed by atoms with Crippen molar-refractivity contribution in [1.82, 2.24) is 10.2 Å². The van der Waals surface area contributed by atoms with Crippen LogP contribution in [0.3, 0.4) is 0 Å². The number of hydrogen-bond acceptors (Lipinski definition) is 4. The van der Waals surface area contributed by atoms with E-state index in [1.54, 1.807) is 0 Å². The fourth-order valence-corrected chi connectivity index (χ4v) is 3.45. The maximum absolute atomic E-state index is 12.0. The molecule has 1 fully saturated rings. The lowest BCUT2D eigenvalue weighted by atomic mass is 10.1. The average molecular weight is 350 g/mol. The first-order chi connectivity index (χ1) is 11.6. The minimum absolute atomic E-state index is 0.0262. The smallest absolute Gasteiger partial charge is 0.234 e. The number of piperidine rings is 1. The van der Waals surface area contributed by atoms with Crippen molar-refractivity contribution in [1.29, 1.82) is 0 Å². The van der Waals surface area contributed by atoms with Gasteiger partial charge in [-0.05, 0) is 44.0 Å². The number of carbonyl (C=O) groups excluding carboxylic acids is 2. The van der Waals surface area contributed by atoms with E-state index in [1.165, 1.54) is 11.8 Å². The highest BCUT2D eigenvalue weighted by atomic mass is 32.2. The minimum Gasteiger partial charge on any atom is -0.353 e. The van der Waals surface area contributed by atoms with E-state index in [0.717, 1.165) is 43.7 Å². The van der Waals surface area contributed by atoms with E-state index < -0.39 is 0 Å². The largest absolute Gasteiger partial charge is 0.353 e. The third-order valence-corrected chi connectivity index (χ3v) is 5.10. The van der Waals surface area contributed by atoms with Crippen molar-refractivity contribution < 1.29 is 9.59 Å². The standard InChI is InChI=1S/C18H27N3O2S/c1-3-21-9-7-15(8-10-21)19-17(22)12-24-13-18(23)20-16-6-4-5-14(2)11-16/h4-6,11,15H,3,7-10,12-13H2,1-2H3,(H,19,22)(H,20,23). The first kappa shape index (κ1) is 18.8. The summed E-state index contributed by atoms with van der Waals surface area (Å²) in [6.45, 7) is 7.32. The summed E-state index contributed by atoms with van der Waals surface area (Å²) in [5, 5.41) is 5.93. The predicted molar refractivity (Wildman–Crippen MR) is 100 cm³/mol. The number of aryl methyl sites for hydroxylation is 1. The molecule has 1 aromatic carbocycles. The summed E-state index contributed by atoms with van der Waals surface area (Å²) in [6.07, 6.45) is 2.02. The molecule has 0 saturated carbocycles. The van der Waals surface area contributed by atoms with Crippen LogP contribution in [0.25, 0.3) is 0 Å². The van der Waals surface area contributed by atoms with E-state index in [-0.39, 0.29) is 23.6 Å². The van der Waals surface area contributed by atoms with Crippen LogP contribution in [0.4, 0.5) is 5.69 Å². The summed E-state index contributed by atoms with van der Waals surface area (Å²) in [4.78, 5) is 26.3. The molecule has 6 heteroatoms. The summed E-state index contributed by atoms with van der Waals surface area (Å²) in [5.74, 6) is 0.568. The first-order valence-corrected chi connectivity index (χ1v) is 9.68. The molecule has 0 bridgehead atoms. The highest BCUT2D eigenvalue weighted by Crippen LogP contribution is 2.12. The van der Waals surface area contributed by atoms with Gasteiger partial charge in [-0.2, -0.15) is 0 Å². The second-order valence-corrected chi connectivity index (χ2v) is 7.17. The van der Waals surface area contributed by atoms with Crippen LogP contribution in [0, 0.1) is 6.92 Å². The zero-order chi connectivity index (χ0) is 17.4. The SMILES string of the molecule is CCN1CCC(NC(=O)CSCC(=O)Nc2cccc(C)c2)CC1. The third kappa shape index (κ3) is 6.53. The van der Waals surface area contributed by atoms with Crippen LogP contribution in [0.15, 0.2) is 24.3 Å². The molecule has 0 spiro atoms. The number of hydrogen-bond donors (Lipinski definition) is 2. The molecule has 0 aromatic heterocycles. The second kappa shape index (κ2) is 9.69. The number of rotatable bonds is 7. The van der Waals surface area contributed by atoms with Gasteiger partial charge in [-0.25, -0.2) is 0 Å². The van der Waals surface area contributed by atoms with Gasteiger partial charge < -0.3 is 15.5 Å². The van der Waals surface area contributed by atoms with E-state index in [4.69, 9.17) is 0 Å². The molecule has 24 heavy (non-hydrogen) atoms. The van der Waals surface area contributed by atoms with E-state index in [2.05, 4.69) is 22.5 Å². The number of anilines is 1. The fraction of sp³-hybridized carbons (Fsp3) is 0.556. The monoisotopic (exact) mass is 349 g/mol. The van der Waals surface area contributed by atoms with Gasteiger partial charge in [-0.3, -0.25) is 9.59 Å². The van der Waals surface area contributed by atoms with Crippen LogP contribution >= 0.6 is 11.8 Å². The number of nitrogens with zero attached hydrogens (tertiary/aromatic N) is 1. The molecule has 1 aliphatic heterocycles. The fourth-order valence-electron chi connectivity index (χ4n) is 2.82. The molecule has 0 aliphatic carbocycles. The quantitative estimate of drug-likeness (QED) is 0.793. The maximum Gasteiger partial charge on any atom is 0.234 e. The van der Waals surface area contributed by atoms with Crippen molar-refractivity contribution >= 4 is 29.3 Å². The molecule has 0 radical (unpaired) electrons. The van der Waals surface area contributed by atoms with Crippen molar-refractivity contribution in [3.63, 3.8) is 0 Å². The summed E-state index contributed by atoms with van der Waals surface area (Å²) < 4.78 is 0. The van der Waals surface area contributed by atoms with Gasteiger partial charge >= 0.3 is 0 Å². The molecule has 2 N–H and O–H groups in total. The predicted octanol–water partition coefficient (Wildman–Crippen LogP) is 2.27. The van der Waals surface area contributed by atoms with Crippen LogP contribution in [0.1, 0.15) is 25.3 Å². The molecule has 5 nitrogen and oxygen atoms in total. The first-order valence-electron chi connectivity index (χ1n) is 8.53. The summed E-state index contributed by atoms with van der Waals surface area (Å²) >= 11 is 1.35. The lowest BCUT2D eigenvalue weighted by molar-refractivity contribution is -0.119. The number of likely N-dealkylation sites (tertiary alicyclic amines) is 1.